The highest BCUT2D eigenvalue weighted by atomic mass is 19.2. The van der Waals surface area contributed by atoms with Crippen molar-refractivity contribution in [1.82, 2.24) is 0 Å². The molecule has 2 aliphatic carbocycles. The van der Waals surface area contributed by atoms with Gasteiger partial charge in [0, 0.05) is 16.7 Å². The lowest BCUT2D eigenvalue weighted by atomic mass is 9.84. The third-order valence-corrected chi connectivity index (χ3v) is 6.82. The summed E-state index contributed by atoms with van der Waals surface area (Å²) < 4.78 is 49.4. The van der Waals surface area contributed by atoms with Gasteiger partial charge in [-0.05, 0) is 53.9 Å². The maximum absolute atomic E-state index is 14.9. The Balaban J connectivity index is 1.38. The van der Waals surface area contributed by atoms with Crippen LogP contribution in [0.1, 0.15) is 67.1 Å². The topological polar surface area (TPSA) is 32.8 Å². The lowest BCUT2D eigenvalue weighted by Gasteiger charge is -2.20. The molecule has 1 heterocycles. The molecule has 2 aromatic rings. The van der Waals surface area contributed by atoms with Crippen LogP contribution in [0.15, 0.2) is 42.5 Å². The fourth-order valence-electron chi connectivity index (χ4n) is 5.12. The van der Waals surface area contributed by atoms with Crippen LogP contribution in [0.2, 0.25) is 0 Å². The predicted molar refractivity (Wildman–Crippen MR) is 113 cm³/mol. The van der Waals surface area contributed by atoms with E-state index < -0.39 is 17.7 Å². The molecule has 0 spiro atoms. The summed E-state index contributed by atoms with van der Waals surface area (Å²) in [6.07, 6.45) is 5.72. The van der Waals surface area contributed by atoms with Crippen LogP contribution in [0, 0.1) is 29.3 Å². The minimum absolute atomic E-state index is 0.0108. The van der Waals surface area contributed by atoms with Gasteiger partial charge in [0.25, 0.3) is 0 Å². The second-order valence-corrected chi connectivity index (χ2v) is 8.70. The molecule has 4 atom stereocenters. The van der Waals surface area contributed by atoms with Gasteiger partial charge in [-0.2, -0.15) is 0 Å². The van der Waals surface area contributed by atoms with Gasteiger partial charge in [0.15, 0.2) is 11.6 Å². The van der Waals surface area contributed by atoms with Crippen molar-refractivity contribution in [3.05, 3.63) is 82.2 Å². The summed E-state index contributed by atoms with van der Waals surface area (Å²) in [7, 11) is 0. The number of hydrogen-bond acceptors (Lipinski definition) is 2. The highest BCUT2D eigenvalue weighted by Gasteiger charge is 2.39. The second-order valence-electron chi connectivity index (χ2n) is 8.70. The summed E-state index contributed by atoms with van der Waals surface area (Å²) in [6.45, 7) is 2.40. The van der Waals surface area contributed by atoms with Gasteiger partial charge in [-0.1, -0.05) is 49.8 Å². The van der Waals surface area contributed by atoms with E-state index in [0.29, 0.717) is 42.6 Å². The molecule has 1 saturated heterocycles. The zero-order chi connectivity index (χ0) is 21.7. The van der Waals surface area contributed by atoms with Crippen molar-refractivity contribution in [2.75, 3.05) is 6.61 Å². The normalized spacial score (nSPS) is 25.3. The van der Waals surface area contributed by atoms with Crippen molar-refractivity contribution in [3.8, 4) is 0 Å². The third kappa shape index (κ3) is 3.54. The van der Waals surface area contributed by atoms with Crippen molar-refractivity contribution < 1.29 is 23.0 Å². The first kappa shape index (κ1) is 20.5. The lowest BCUT2D eigenvalue weighted by Crippen LogP contribution is -2.09. The number of epoxide rings is 1. The summed E-state index contributed by atoms with van der Waals surface area (Å²) in [5.74, 6) is -1.95. The van der Waals surface area contributed by atoms with E-state index in [1.54, 1.807) is 24.3 Å². The molecule has 2 aromatic carbocycles. The summed E-state index contributed by atoms with van der Waals surface area (Å²) in [4.78, 5) is 0. The van der Waals surface area contributed by atoms with E-state index in [1.807, 2.05) is 19.1 Å². The van der Waals surface area contributed by atoms with Crippen molar-refractivity contribution in [2.45, 2.75) is 44.8 Å². The maximum Gasteiger partial charge on any atom is 0.166 e. The quantitative estimate of drug-likeness (QED) is 0.534. The molecule has 162 valence electrons. The van der Waals surface area contributed by atoms with E-state index >= 15 is 0 Å². The number of ether oxygens (including phenoxy) is 1. The summed E-state index contributed by atoms with van der Waals surface area (Å²) in [5.41, 5.74) is 3.39. The van der Waals surface area contributed by atoms with E-state index in [0.717, 1.165) is 17.6 Å². The first-order valence-corrected chi connectivity index (χ1v) is 11.0. The smallest absolute Gasteiger partial charge is 0.166 e. The van der Waals surface area contributed by atoms with Crippen LogP contribution in [0.5, 0.6) is 0 Å². The van der Waals surface area contributed by atoms with Gasteiger partial charge in [0.1, 0.15) is 11.9 Å². The van der Waals surface area contributed by atoms with Gasteiger partial charge in [-0.25, -0.2) is 13.2 Å². The molecule has 3 aliphatic rings. The Hall–Kier alpha value is -2.37. The molecular formula is C26H25F3O2. The number of rotatable bonds is 6. The molecule has 0 aromatic heterocycles. The fraction of sp³-hybridized carbons (Fsp3) is 0.385. The molecule has 31 heavy (non-hydrogen) atoms. The standard InChI is InChI=1S/C26H25F3O2/c1-2-3-23(30)14-4-5-19(22(27)12-14)17-8-6-16-15(17)7-9-18(16)20-10-11-21(24-13-31-24)26(29)25(20)28/h4-5,8-12,15-16,23-24,30H,2-3,6-7,13H2,1H3. The number of hydrogen-bond donors (Lipinski definition) is 1. The molecule has 5 rings (SSSR count). The van der Waals surface area contributed by atoms with E-state index in [1.165, 1.54) is 6.07 Å². The van der Waals surface area contributed by atoms with Gasteiger partial charge in [-0.3, -0.25) is 0 Å². The molecule has 0 bridgehead atoms. The molecule has 1 fully saturated rings. The Morgan fingerprint density at radius 1 is 0.968 bits per heavy atom. The highest BCUT2D eigenvalue weighted by molar-refractivity contribution is 5.80. The fourth-order valence-corrected chi connectivity index (χ4v) is 5.12. The second kappa shape index (κ2) is 7.95. The zero-order valence-corrected chi connectivity index (χ0v) is 17.4. The SMILES string of the molecule is CCCC(O)c1ccc(C2=CCC3C(c4ccc(C5CO5)c(F)c4F)=CCC23)c(F)c1. The van der Waals surface area contributed by atoms with E-state index in [2.05, 4.69) is 0 Å². The van der Waals surface area contributed by atoms with E-state index in [-0.39, 0.29) is 29.3 Å². The van der Waals surface area contributed by atoms with Gasteiger partial charge in [-0.15, -0.1) is 0 Å². The molecule has 1 aliphatic heterocycles. The first-order chi connectivity index (χ1) is 15.0. The third-order valence-electron chi connectivity index (χ3n) is 6.82. The summed E-state index contributed by atoms with van der Waals surface area (Å²) in [5, 5.41) is 10.2. The number of allylic oxidation sites excluding steroid dienone is 4. The minimum atomic E-state index is -0.831. The molecular weight excluding hydrogens is 401 g/mol. The van der Waals surface area contributed by atoms with Crippen molar-refractivity contribution in [1.29, 1.82) is 0 Å². The van der Waals surface area contributed by atoms with Crippen LogP contribution < -0.4 is 0 Å². The van der Waals surface area contributed by atoms with Crippen LogP contribution in [-0.2, 0) is 4.74 Å². The molecule has 0 amide bonds. The number of aliphatic hydroxyl groups excluding tert-OH is 1. The number of halogens is 3. The summed E-state index contributed by atoms with van der Waals surface area (Å²) >= 11 is 0. The van der Waals surface area contributed by atoms with Crippen LogP contribution in [-0.4, -0.2) is 11.7 Å². The maximum atomic E-state index is 14.9. The van der Waals surface area contributed by atoms with Crippen LogP contribution in [0.25, 0.3) is 11.1 Å². The minimum Gasteiger partial charge on any atom is -0.388 e. The Labute approximate surface area is 180 Å². The first-order valence-electron chi connectivity index (χ1n) is 11.0. The number of aliphatic hydroxyl groups is 1. The molecule has 4 unspecified atom stereocenters. The monoisotopic (exact) mass is 426 g/mol. The van der Waals surface area contributed by atoms with E-state index in [4.69, 9.17) is 4.74 Å². The van der Waals surface area contributed by atoms with Crippen molar-refractivity contribution in [2.24, 2.45) is 11.8 Å². The Morgan fingerprint density at radius 2 is 1.61 bits per heavy atom. The van der Waals surface area contributed by atoms with Crippen LogP contribution >= 0.6 is 0 Å². The summed E-state index contributed by atoms with van der Waals surface area (Å²) in [6, 6.07) is 8.19. The lowest BCUT2D eigenvalue weighted by molar-refractivity contribution is 0.166. The van der Waals surface area contributed by atoms with Crippen LogP contribution in [0.4, 0.5) is 13.2 Å². The van der Waals surface area contributed by atoms with Crippen molar-refractivity contribution >= 4 is 11.1 Å². The number of benzene rings is 2. The van der Waals surface area contributed by atoms with Gasteiger partial charge in [0.2, 0.25) is 0 Å². The molecule has 0 radical (unpaired) electrons. The Kier molecular flexibility index (Phi) is 5.27. The largest absolute Gasteiger partial charge is 0.388 e. The molecule has 0 saturated carbocycles. The Bertz CT molecular complexity index is 1080. The van der Waals surface area contributed by atoms with Crippen LogP contribution in [0.3, 0.4) is 0 Å². The molecule has 1 N–H and O–H groups in total. The highest BCUT2D eigenvalue weighted by Crippen LogP contribution is 2.52. The van der Waals surface area contributed by atoms with Gasteiger partial charge >= 0.3 is 0 Å². The molecule has 5 heteroatoms. The average molecular weight is 426 g/mol. The average Bonchev–Trinajstić information content (AvgIpc) is 3.38. The number of fused-ring (bicyclic) bond motifs is 1. The molecule has 2 nitrogen and oxygen atoms in total. The van der Waals surface area contributed by atoms with Crippen molar-refractivity contribution in [3.63, 3.8) is 0 Å². The predicted octanol–water partition coefficient (Wildman–Crippen LogP) is 6.52. The van der Waals surface area contributed by atoms with Gasteiger partial charge < -0.3 is 9.84 Å². The van der Waals surface area contributed by atoms with Gasteiger partial charge in [0.05, 0.1) is 12.7 Å². The Morgan fingerprint density at radius 3 is 2.23 bits per heavy atom. The zero-order valence-electron chi connectivity index (χ0n) is 17.4. The van der Waals surface area contributed by atoms with E-state index in [9.17, 15) is 18.3 Å².